The van der Waals surface area contributed by atoms with Gasteiger partial charge in [0, 0.05) is 105 Å². The molecule has 1 radical (unpaired) electrons. The summed E-state index contributed by atoms with van der Waals surface area (Å²) in [6.45, 7) is 0. The quantitative estimate of drug-likeness (QED) is 0.240. The van der Waals surface area contributed by atoms with Crippen molar-refractivity contribution in [2.45, 2.75) is 0 Å². The Kier molecular flexibility index (Phi) is 4.99. The number of rotatable bonds is 0. The van der Waals surface area contributed by atoms with E-state index >= 15 is 0 Å². The summed E-state index contributed by atoms with van der Waals surface area (Å²) in [6, 6.07) is 7.44. The smallest absolute Gasteiger partial charge is 0.357 e. The van der Waals surface area contributed by atoms with Crippen LogP contribution in [0.4, 0.5) is 0 Å². The maximum atomic E-state index is 4.87. The molecular formula is C28H12CuN12. The van der Waals surface area contributed by atoms with E-state index in [0.717, 1.165) is 43.8 Å². The minimum atomic E-state index is 0. The summed E-state index contributed by atoms with van der Waals surface area (Å²) in [7, 11) is 0. The first kappa shape index (κ1) is 23.4. The Labute approximate surface area is 240 Å². The van der Waals surface area contributed by atoms with Crippen LogP contribution in [0.1, 0.15) is 0 Å². The van der Waals surface area contributed by atoms with Crippen molar-refractivity contribution in [2.24, 2.45) is 0 Å². The number of nitrogens with zero attached hydrogens (tertiary/aromatic N) is 12. The normalized spacial score (nSPS) is 11.7. The van der Waals surface area contributed by atoms with Crippen molar-refractivity contribution in [3.05, 3.63) is 73.8 Å². The molecule has 0 saturated carbocycles. The fourth-order valence-corrected chi connectivity index (χ4v) is 5.04. The van der Waals surface area contributed by atoms with Gasteiger partial charge in [-0.05, 0) is 35.0 Å². The molecule has 9 rings (SSSR count). The van der Waals surface area contributed by atoms with Crippen LogP contribution < -0.4 is 9.97 Å². The summed E-state index contributed by atoms with van der Waals surface area (Å²) in [5, 5.41) is 3.07. The van der Waals surface area contributed by atoms with Crippen LogP contribution in [-0.2, 0) is 17.1 Å². The summed E-state index contributed by atoms with van der Waals surface area (Å²) < 4.78 is 0. The molecule has 0 amide bonds. The predicted molar refractivity (Wildman–Crippen MR) is 145 cm³/mol. The molecule has 7 aromatic rings. The van der Waals surface area contributed by atoms with E-state index in [9.17, 15) is 0 Å². The molecule has 13 heteroatoms. The van der Waals surface area contributed by atoms with E-state index in [4.69, 9.17) is 39.9 Å². The Balaban J connectivity index is 0.00000256. The van der Waals surface area contributed by atoms with E-state index in [1.807, 2.05) is 24.3 Å². The van der Waals surface area contributed by atoms with Gasteiger partial charge in [-0.1, -0.05) is 0 Å². The number of aromatic nitrogens is 12. The van der Waals surface area contributed by atoms with Gasteiger partial charge in [0.25, 0.3) is 0 Å². The van der Waals surface area contributed by atoms with Crippen molar-refractivity contribution in [1.82, 2.24) is 59.8 Å². The third kappa shape index (κ3) is 3.46. The van der Waals surface area contributed by atoms with Crippen molar-refractivity contribution < 1.29 is 17.1 Å². The van der Waals surface area contributed by atoms with E-state index < -0.39 is 0 Å². The molecule has 0 fully saturated rings. The van der Waals surface area contributed by atoms with E-state index in [-0.39, 0.29) is 17.1 Å². The zero-order valence-corrected chi connectivity index (χ0v) is 21.5. The average molecular weight is 580 g/mol. The first-order valence-corrected chi connectivity index (χ1v) is 12.3. The van der Waals surface area contributed by atoms with E-state index in [2.05, 4.69) is 19.9 Å². The average Bonchev–Trinajstić information content (AvgIpc) is 3.73. The van der Waals surface area contributed by atoms with Crippen LogP contribution in [0.25, 0.3) is 89.7 Å². The van der Waals surface area contributed by atoms with E-state index in [1.54, 1.807) is 49.6 Å². The van der Waals surface area contributed by atoms with Gasteiger partial charge >= 0.3 is 17.1 Å². The van der Waals surface area contributed by atoms with Crippen LogP contribution in [0, 0.1) is 0 Å². The van der Waals surface area contributed by atoms with Gasteiger partial charge < -0.3 is 29.9 Å². The zero-order valence-electron chi connectivity index (χ0n) is 20.6. The van der Waals surface area contributed by atoms with Crippen LogP contribution in [0.2, 0.25) is 0 Å². The van der Waals surface area contributed by atoms with Crippen LogP contribution >= 0.6 is 0 Å². The second-order valence-corrected chi connectivity index (χ2v) is 9.17. The molecule has 0 N–H and O–H groups in total. The zero-order chi connectivity index (χ0) is 26.2. The fourth-order valence-electron chi connectivity index (χ4n) is 5.04. The van der Waals surface area contributed by atoms with Gasteiger partial charge in [-0.25, -0.2) is 9.97 Å². The molecular weight excluding hydrogens is 568 g/mol. The third-order valence-electron chi connectivity index (χ3n) is 6.91. The van der Waals surface area contributed by atoms with Gasteiger partial charge in [0.2, 0.25) is 0 Å². The summed E-state index contributed by atoms with van der Waals surface area (Å²) in [5.74, 6) is 1.81. The number of fused-ring (bicyclic) bond motifs is 20. The molecule has 7 aromatic heterocycles. The first-order chi connectivity index (χ1) is 19.8. The number of hydrogen-bond donors (Lipinski definition) is 0. The molecule has 2 aliphatic rings. The standard InChI is InChI=1S/C28H12N12.Cu/c1-5-29-9-17-13(1)21-33-22-14-2-6-31-11-19(14)27(35-22)40-28-20-12-32-8-4-16(20)24(39-28)38-26-18-10-30-7-3-15(18)23(37-26)36-25(17)34-21;/h1-12H;/q-2;+2. The van der Waals surface area contributed by atoms with Gasteiger partial charge in [-0.15, -0.1) is 0 Å². The van der Waals surface area contributed by atoms with Crippen LogP contribution in [0.5, 0.6) is 0 Å². The Morgan fingerprint density at radius 2 is 0.732 bits per heavy atom. The molecule has 9 heterocycles. The second kappa shape index (κ2) is 8.74. The summed E-state index contributed by atoms with van der Waals surface area (Å²) in [5.41, 5.74) is 4.88. The fraction of sp³-hybridized carbons (Fsp3) is 0. The number of pyridine rings is 4. The molecule has 0 spiro atoms. The van der Waals surface area contributed by atoms with Gasteiger partial charge in [-0.3, -0.25) is 19.9 Å². The first-order valence-electron chi connectivity index (χ1n) is 12.3. The van der Waals surface area contributed by atoms with Crippen molar-refractivity contribution in [2.75, 3.05) is 0 Å². The van der Waals surface area contributed by atoms with Gasteiger partial charge in [0.1, 0.15) is 0 Å². The third-order valence-corrected chi connectivity index (χ3v) is 6.91. The van der Waals surface area contributed by atoms with Crippen molar-refractivity contribution in [1.29, 1.82) is 0 Å². The molecule has 0 unspecified atom stereocenters. The molecule has 12 nitrogen and oxygen atoms in total. The van der Waals surface area contributed by atoms with Gasteiger partial charge in [0.05, 0.1) is 23.3 Å². The van der Waals surface area contributed by atoms with E-state index in [1.165, 1.54) is 0 Å². The predicted octanol–water partition coefficient (Wildman–Crippen LogP) is 3.70. The largest absolute Gasteiger partial charge is 2.00 e. The Hall–Kier alpha value is -5.52. The molecule has 2 aliphatic heterocycles. The summed E-state index contributed by atoms with van der Waals surface area (Å²) in [4.78, 5) is 55.8. The molecule has 41 heavy (non-hydrogen) atoms. The van der Waals surface area contributed by atoms with Crippen LogP contribution in [-0.4, -0.2) is 49.8 Å². The second-order valence-electron chi connectivity index (χ2n) is 9.17. The maximum absolute atomic E-state index is 4.87. The Bertz CT molecular complexity index is 2040. The van der Waals surface area contributed by atoms with Crippen molar-refractivity contribution in [3.8, 4) is 45.6 Å². The number of hydrogen-bond acceptors (Lipinski definition) is 10. The van der Waals surface area contributed by atoms with E-state index in [0.29, 0.717) is 45.9 Å². The van der Waals surface area contributed by atoms with Crippen LogP contribution in [0.3, 0.4) is 0 Å². The summed E-state index contributed by atoms with van der Waals surface area (Å²) >= 11 is 0. The summed E-state index contributed by atoms with van der Waals surface area (Å²) in [6.07, 6.45) is 13.7. The molecule has 0 aliphatic carbocycles. The molecule has 8 bridgehead atoms. The molecule has 0 atom stereocenters. The van der Waals surface area contributed by atoms with Crippen molar-refractivity contribution in [3.63, 3.8) is 0 Å². The molecule has 195 valence electrons. The Morgan fingerprint density at radius 1 is 0.366 bits per heavy atom. The molecule has 0 saturated heterocycles. The SMILES string of the molecule is [Cu+2].c1cc2c(cn1)-c1nc-2nc2[n-]c(nc3nc(nc4[n-]c(n1)c1ccncc41)-c1ccncc1-3)c1cnccc21. The van der Waals surface area contributed by atoms with Gasteiger partial charge in [-0.2, -0.15) is 0 Å². The maximum Gasteiger partial charge on any atom is 2.00 e. The minimum Gasteiger partial charge on any atom is -0.357 e. The monoisotopic (exact) mass is 579 g/mol. The van der Waals surface area contributed by atoms with Crippen molar-refractivity contribution >= 4 is 44.1 Å². The van der Waals surface area contributed by atoms with Gasteiger partial charge in [0.15, 0.2) is 0 Å². The molecule has 0 aromatic carbocycles. The topological polar surface area (TPSA) is 157 Å². The minimum absolute atomic E-state index is 0. The van der Waals surface area contributed by atoms with Crippen LogP contribution in [0.15, 0.2) is 73.8 Å². The Morgan fingerprint density at radius 3 is 1.20 bits per heavy atom.